The number of halogens is 3. The Morgan fingerprint density at radius 1 is 1.08 bits per heavy atom. The van der Waals surface area contributed by atoms with Gasteiger partial charge in [-0.1, -0.05) is 30.3 Å². The number of aryl methyl sites for hydroxylation is 1. The van der Waals surface area contributed by atoms with Crippen molar-refractivity contribution in [1.29, 1.82) is 0 Å². The second kappa shape index (κ2) is 6.46. The largest absolute Gasteiger partial charge is 0.416 e. The molecule has 7 heteroatoms. The van der Waals surface area contributed by atoms with E-state index in [4.69, 9.17) is 0 Å². The van der Waals surface area contributed by atoms with Crippen molar-refractivity contribution in [2.45, 2.75) is 36.4 Å². The van der Waals surface area contributed by atoms with Gasteiger partial charge in [-0.3, -0.25) is 0 Å². The molecule has 2 aromatic carbocycles. The number of nitrogens with zero attached hydrogens (tertiary/aromatic N) is 1. The zero-order valence-electron chi connectivity index (χ0n) is 13.6. The van der Waals surface area contributed by atoms with E-state index < -0.39 is 21.8 Å². The molecule has 0 radical (unpaired) electrons. The average molecular weight is 369 g/mol. The standard InChI is InChI=1S/C18H18F3NO2S/c1-22(17-11-4-7-13-6-2-3-10-16(13)17)25(23,24)15-9-5-8-14(12-15)18(19,20)21/h2-3,5-6,8-10,12,17H,4,7,11H2,1H3/t17-/m1/s1. The summed E-state index contributed by atoms with van der Waals surface area (Å²) in [4.78, 5) is -0.340. The third-order valence-corrected chi connectivity index (χ3v) is 6.48. The Labute approximate surface area is 145 Å². The summed E-state index contributed by atoms with van der Waals surface area (Å²) in [6.07, 6.45) is -2.22. The van der Waals surface area contributed by atoms with E-state index in [1.165, 1.54) is 17.4 Å². The van der Waals surface area contributed by atoms with Gasteiger partial charge in [-0.15, -0.1) is 0 Å². The van der Waals surface area contributed by atoms with E-state index in [0.717, 1.165) is 36.1 Å². The highest BCUT2D eigenvalue weighted by molar-refractivity contribution is 7.89. The summed E-state index contributed by atoms with van der Waals surface area (Å²) in [7, 11) is -2.60. The van der Waals surface area contributed by atoms with Crippen LogP contribution in [0.2, 0.25) is 0 Å². The van der Waals surface area contributed by atoms with Crippen molar-refractivity contribution in [2.24, 2.45) is 0 Å². The summed E-state index contributed by atoms with van der Waals surface area (Å²) in [5.74, 6) is 0. The average Bonchev–Trinajstić information content (AvgIpc) is 2.60. The quantitative estimate of drug-likeness (QED) is 0.804. The monoisotopic (exact) mass is 369 g/mol. The van der Waals surface area contributed by atoms with Crippen molar-refractivity contribution in [1.82, 2.24) is 4.31 Å². The normalized spacial score (nSPS) is 18.2. The van der Waals surface area contributed by atoms with Gasteiger partial charge in [0, 0.05) is 13.1 Å². The molecule has 1 aliphatic rings. The molecule has 0 heterocycles. The molecule has 3 rings (SSSR count). The summed E-state index contributed by atoms with van der Waals surface area (Å²) < 4.78 is 65.7. The minimum atomic E-state index is -4.58. The first-order chi connectivity index (χ1) is 11.7. The predicted molar refractivity (Wildman–Crippen MR) is 88.5 cm³/mol. The molecule has 0 bridgehead atoms. The maximum Gasteiger partial charge on any atom is 0.416 e. The molecular formula is C18H18F3NO2S. The molecule has 25 heavy (non-hydrogen) atoms. The van der Waals surface area contributed by atoms with Crippen LogP contribution in [0.15, 0.2) is 53.4 Å². The Bertz CT molecular complexity index is 878. The molecule has 0 saturated heterocycles. The third-order valence-electron chi connectivity index (χ3n) is 4.62. The number of fused-ring (bicyclic) bond motifs is 1. The highest BCUT2D eigenvalue weighted by Gasteiger charge is 2.35. The molecule has 0 amide bonds. The van der Waals surface area contributed by atoms with Gasteiger partial charge in [-0.25, -0.2) is 8.42 Å². The minimum absolute atomic E-state index is 0.340. The number of alkyl halides is 3. The van der Waals surface area contributed by atoms with E-state index in [2.05, 4.69) is 0 Å². The molecule has 1 aliphatic carbocycles. The van der Waals surface area contributed by atoms with E-state index in [1.54, 1.807) is 0 Å². The first-order valence-corrected chi connectivity index (χ1v) is 9.38. The van der Waals surface area contributed by atoms with Gasteiger partial charge in [0.25, 0.3) is 0 Å². The number of benzene rings is 2. The highest BCUT2D eigenvalue weighted by Crippen LogP contribution is 2.37. The van der Waals surface area contributed by atoms with Gasteiger partial charge < -0.3 is 0 Å². The highest BCUT2D eigenvalue weighted by atomic mass is 32.2. The van der Waals surface area contributed by atoms with E-state index in [0.29, 0.717) is 12.5 Å². The first kappa shape index (κ1) is 17.9. The Balaban J connectivity index is 1.99. The van der Waals surface area contributed by atoms with E-state index >= 15 is 0 Å². The lowest BCUT2D eigenvalue weighted by molar-refractivity contribution is -0.137. The molecular weight excluding hydrogens is 351 g/mol. The van der Waals surface area contributed by atoms with Crippen LogP contribution in [0.5, 0.6) is 0 Å². The maximum absolute atomic E-state index is 12.9. The summed E-state index contributed by atoms with van der Waals surface area (Å²) in [5, 5.41) is 0. The molecule has 1 atom stereocenters. The van der Waals surface area contributed by atoms with Crippen LogP contribution in [0.25, 0.3) is 0 Å². The fourth-order valence-electron chi connectivity index (χ4n) is 3.27. The van der Waals surface area contributed by atoms with Gasteiger partial charge in [-0.05, 0) is 48.6 Å². The summed E-state index contributed by atoms with van der Waals surface area (Å²) in [5.41, 5.74) is 1.04. The Morgan fingerprint density at radius 2 is 1.80 bits per heavy atom. The van der Waals surface area contributed by atoms with Crippen molar-refractivity contribution in [2.75, 3.05) is 7.05 Å². The van der Waals surface area contributed by atoms with Crippen LogP contribution in [0.4, 0.5) is 13.2 Å². The molecule has 0 aromatic heterocycles. The van der Waals surface area contributed by atoms with Gasteiger partial charge in [0.1, 0.15) is 0 Å². The lowest BCUT2D eigenvalue weighted by atomic mass is 9.88. The van der Waals surface area contributed by atoms with Gasteiger partial charge in [0.2, 0.25) is 10.0 Å². The predicted octanol–water partition coefficient (Wildman–Crippen LogP) is 4.40. The molecule has 0 N–H and O–H groups in total. The lowest BCUT2D eigenvalue weighted by Gasteiger charge is -2.32. The number of rotatable bonds is 3. The fraction of sp³-hybridized carbons (Fsp3) is 0.333. The summed E-state index contributed by atoms with van der Waals surface area (Å²) >= 11 is 0. The van der Waals surface area contributed by atoms with Crippen molar-refractivity contribution >= 4 is 10.0 Å². The zero-order chi connectivity index (χ0) is 18.2. The van der Waals surface area contributed by atoms with Crippen LogP contribution < -0.4 is 0 Å². The van der Waals surface area contributed by atoms with Crippen LogP contribution in [-0.4, -0.2) is 19.8 Å². The molecule has 2 aromatic rings. The number of hydrogen-bond donors (Lipinski definition) is 0. The summed E-state index contributed by atoms with van der Waals surface area (Å²) in [6, 6.07) is 11.1. The lowest BCUT2D eigenvalue weighted by Crippen LogP contribution is -2.33. The van der Waals surface area contributed by atoms with Gasteiger partial charge in [0.15, 0.2) is 0 Å². The third kappa shape index (κ3) is 3.43. The van der Waals surface area contributed by atoms with Gasteiger partial charge in [0.05, 0.1) is 10.5 Å². The molecule has 3 nitrogen and oxygen atoms in total. The van der Waals surface area contributed by atoms with Gasteiger partial charge >= 0.3 is 6.18 Å². The van der Waals surface area contributed by atoms with Crippen LogP contribution in [0, 0.1) is 0 Å². The van der Waals surface area contributed by atoms with Crippen LogP contribution in [0.3, 0.4) is 0 Å². The second-order valence-corrected chi connectivity index (χ2v) is 8.15. The smallest absolute Gasteiger partial charge is 0.207 e. The number of sulfonamides is 1. The molecule has 134 valence electrons. The van der Waals surface area contributed by atoms with Crippen molar-refractivity contribution in [3.8, 4) is 0 Å². The van der Waals surface area contributed by atoms with Crippen LogP contribution in [0.1, 0.15) is 35.6 Å². The number of hydrogen-bond acceptors (Lipinski definition) is 2. The van der Waals surface area contributed by atoms with Gasteiger partial charge in [-0.2, -0.15) is 17.5 Å². The molecule has 0 fully saturated rings. The zero-order valence-corrected chi connectivity index (χ0v) is 14.4. The fourth-order valence-corrected chi connectivity index (χ4v) is 4.69. The van der Waals surface area contributed by atoms with E-state index in [9.17, 15) is 21.6 Å². The summed E-state index contributed by atoms with van der Waals surface area (Å²) in [6.45, 7) is 0. The van der Waals surface area contributed by atoms with E-state index in [1.807, 2.05) is 24.3 Å². The SMILES string of the molecule is CN([C@@H]1CCCc2ccccc21)S(=O)(=O)c1cccc(C(F)(F)F)c1. The van der Waals surface area contributed by atoms with Crippen molar-refractivity contribution < 1.29 is 21.6 Å². The van der Waals surface area contributed by atoms with Crippen molar-refractivity contribution in [3.05, 3.63) is 65.2 Å². The Hall–Kier alpha value is -1.86. The second-order valence-electron chi connectivity index (χ2n) is 6.15. The molecule has 0 spiro atoms. The van der Waals surface area contributed by atoms with E-state index in [-0.39, 0.29) is 10.9 Å². The van der Waals surface area contributed by atoms with Crippen LogP contribution >= 0.6 is 0 Å². The topological polar surface area (TPSA) is 37.4 Å². The van der Waals surface area contributed by atoms with Crippen molar-refractivity contribution in [3.63, 3.8) is 0 Å². The minimum Gasteiger partial charge on any atom is -0.207 e. The van der Waals surface area contributed by atoms with Crippen LogP contribution in [-0.2, 0) is 22.6 Å². The Kier molecular flexibility index (Phi) is 4.64. The Morgan fingerprint density at radius 3 is 2.52 bits per heavy atom. The molecule has 0 unspecified atom stereocenters. The molecule has 0 aliphatic heterocycles. The molecule has 0 saturated carbocycles. The maximum atomic E-state index is 12.9. The first-order valence-electron chi connectivity index (χ1n) is 7.94.